The Morgan fingerprint density at radius 1 is 1.35 bits per heavy atom. The van der Waals surface area contributed by atoms with Gasteiger partial charge in [-0.05, 0) is 17.7 Å². The van der Waals surface area contributed by atoms with Crippen LogP contribution in [-0.4, -0.2) is 14.8 Å². The van der Waals surface area contributed by atoms with Gasteiger partial charge in [0.15, 0.2) is 5.82 Å². The zero-order valence-electron chi connectivity index (χ0n) is 10.5. The smallest absolute Gasteiger partial charge is 0.153 e. The Morgan fingerprint density at radius 2 is 2.12 bits per heavy atom. The molecule has 2 aromatic rings. The number of rotatable bonds is 3. The molecule has 0 saturated heterocycles. The topological polar surface area (TPSA) is 56.7 Å². The van der Waals surface area contributed by atoms with Crippen LogP contribution < -0.4 is 5.73 Å². The van der Waals surface area contributed by atoms with Crippen LogP contribution in [-0.2, 0) is 13.5 Å². The van der Waals surface area contributed by atoms with Gasteiger partial charge in [-0.1, -0.05) is 26.0 Å². The van der Waals surface area contributed by atoms with E-state index in [0.717, 1.165) is 29.3 Å². The average Bonchev–Trinajstić information content (AvgIpc) is 2.61. The number of nitrogens with zero attached hydrogens (tertiary/aromatic N) is 3. The lowest BCUT2D eigenvalue weighted by molar-refractivity contribution is 0.689. The van der Waals surface area contributed by atoms with Crippen LogP contribution in [0.2, 0.25) is 0 Å². The molecule has 0 radical (unpaired) electrons. The van der Waals surface area contributed by atoms with Crippen LogP contribution in [0.5, 0.6) is 0 Å². The predicted octanol–water partition coefficient (Wildman–Crippen LogP) is 2.11. The fourth-order valence-electron chi connectivity index (χ4n) is 1.72. The molecule has 0 fully saturated rings. The second-order valence-electron chi connectivity index (χ2n) is 4.59. The van der Waals surface area contributed by atoms with Crippen molar-refractivity contribution in [3.05, 3.63) is 41.5 Å². The van der Waals surface area contributed by atoms with E-state index in [1.807, 2.05) is 29.9 Å². The average molecular weight is 230 g/mol. The molecule has 0 saturated carbocycles. The van der Waals surface area contributed by atoms with Gasteiger partial charge >= 0.3 is 0 Å². The Labute approximate surface area is 101 Å². The van der Waals surface area contributed by atoms with E-state index in [0.29, 0.717) is 5.92 Å². The van der Waals surface area contributed by atoms with E-state index in [1.54, 1.807) is 0 Å². The first kappa shape index (κ1) is 11.6. The van der Waals surface area contributed by atoms with Crippen molar-refractivity contribution in [2.24, 2.45) is 7.05 Å². The third kappa shape index (κ3) is 2.64. The van der Waals surface area contributed by atoms with Gasteiger partial charge < -0.3 is 5.73 Å². The molecular formula is C13H18N4. The minimum absolute atomic E-state index is 0.357. The van der Waals surface area contributed by atoms with E-state index in [9.17, 15) is 0 Å². The Morgan fingerprint density at radius 3 is 2.71 bits per heavy atom. The number of aromatic nitrogens is 3. The molecule has 0 atom stereocenters. The van der Waals surface area contributed by atoms with Crippen molar-refractivity contribution >= 4 is 5.69 Å². The molecule has 1 heterocycles. The SMILES string of the molecule is CC(C)c1nc(Cc2cccc(N)c2)n(C)n1. The van der Waals surface area contributed by atoms with E-state index < -0.39 is 0 Å². The van der Waals surface area contributed by atoms with E-state index in [4.69, 9.17) is 5.73 Å². The second kappa shape index (κ2) is 4.57. The minimum Gasteiger partial charge on any atom is -0.399 e. The summed E-state index contributed by atoms with van der Waals surface area (Å²) in [6.45, 7) is 4.19. The van der Waals surface area contributed by atoms with E-state index in [-0.39, 0.29) is 0 Å². The lowest BCUT2D eigenvalue weighted by atomic mass is 10.1. The van der Waals surface area contributed by atoms with Crippen molar-refractivity contribution in [2.45, 2.75) is 26.2 Å². The monoisotopic (exact) mass is 230 g/mol. The van der Waals surface area contributed by atoms with Crippen molar-refractivity contribution in [3.8, 4) is 0 Å². The Kier molecular flexibility index (Phi) is 3.13. The van der Waals surface area contributed by atoms with Crippen LogP contribution in [0, 0.1) is 0 Å². The van der Waals surface area contributed by atoms with Crippen LogP contribution in [0.25, 0.3) is 0 Å². The highest BCUT2D eigenvalue weighted by atomic mass is 15.3. The number of nitrogen functional groups attached to an aromatic ring is 1. The highest BCUT2D eigenvalue weighted by molar-refractivity contribution is 5.41. The summed E-state index contributed by atoms with van der Waals surface area (Å²) in [5, 5.41) is 4.40. The molecular weight excluding hydrogens is 212 g/mol. The molecule has 0 bridgehead atoms. The van der Waals surface area contributed by atoms with Crippen LogP contribution in [0.4, 0.5) is 5.69 Å². The summed E-state index contributed by atoms with van der Waals surface area (Å²) in [5.41, 5.74) is 7.71. The lowest BCUT2D eigenvalue weighted by Gasteiger charge is -2.01. The van der Waals surface area contributed by atoms with Gasteiger partial charge in [0.25, 0.3) is 0 Å². The summed E-state index contributed by atoms with van der Waals surface area (Å²) in [4.78, 5) is 4.55. The molecule has 0 aliphatic carbocycles. The number of anilines is 1. The van der Waals surface area contributed by atoms with Crippen LogP contribution >= 0.6 is 0 Å². The fraction of sp³-hybridized carbons (Fsp3) is 0.385. The van der Waals surface area contributed by atoms with E-state index in [1.165, 1.54) is 0 Å². The van der Waals surface area contributed by atoms with Gasteiger partial charge in [0.2, 0.25) is 0 Å². The quantitative estimate of drug-likeness (QED) is 0.822. The molecule has 1 aromatic heterocycles. The fourth-order valence-corrected chi connectivity index (χ4v) is 1.72. The van der Waals surface area contributed by atoms with Gasteiger partial charge in [0, 0.05) is 25.1 Å². The molecule has 0 aliphatic rings. The Balaban J connectivity index is 2.24. The van der Waals surface area contributed by atoms with Crippen molar-refractivity contribution in [1.29, 1.82) is 0 Å². The Bertz CT molecular complexity index is 514. The molecule has 0 spiro atoms. The van der Waals surface area contributed by atoms with E-state index >= 15 is 0 Å². The third-order valence-electron chi connectivity index (χ3n) is 2.70. The van der Waals surface area contributed by atoms with Gasteiger partial charge in [-0.2, -0.15) is 5.10 Å². The molecule has 2 rings (SSSR count). The second-order valence-corrected chi connectivity index (χ2v) is 4.59. The molecule has 1 aromatic carbocycles. The van der Waals surface area contributed by atoms with Crippen molar-refractivity contribution in [1.82, 2.24) is 14.8 Å². The Hall–Kier alpha value is -1.84. The molecule has 2 N–H and O–H groups in total. The first-order chi connectivity index (χ1) is 8.06. The summed E-state index contributed by atoms with van der Waals surface area (Å²) < 4.78 is 1.85. The largest absolute Gasteiger partial charge is 0.399 e. The maximum absolute atomic E-state index is 5.76. The predicted molar refractivity (Wildman–Crippen MR) is 68.8 cm³/mol. The summed E-state index contributed by atoms with van der Waals surface area (Å²) in [7, 11) is 1.93. The van der Waals surface area contributed by atoms with Gasteiger partial charge in [0.05, 0.1) is 0 Å². The van der Waals surface area contributed by atoms with Crippen molar-refractivity contribution in [3.63, 3.8) is 0 Å². The van der Waals surface area contributed by atoms with Crippen LogP contribution in [0.3, 0.4) is 0 Å². The molecule has 90 valence electrons. The molecule has 4 nitrogen and oxygen atoms in total. The zero-order chi connectivity index (χ0) is 12.4. The summed E-state index contributed by atoms with van der Waals surface area (Å²) in [6.07, 6.45) is 0.765. The van der Waals surface area contributed by atoms with E-state index in [2.05, 4.69) is 30.0 Å². The summed E-state index contributed by atoms with van der Waals surface area (Å²) in [5.74, 6) is 2.22. The van der Waals surface area contributed by atoms with Gasteiger partial charge in [0.1, 0.15) is 5.82 Å². The maximum atomic E-state index is 5.76. The van der Waals surface area contributed by atoms with Crippen molar-refractivity contribution in [2.75, 3.05) is 5.73 Å². The number of hydrogen-bond acceptors (Lipinski definition) is 3. The van der Waals surface area contributed by atoms with Gasteiger partial charge in [-0.25, -0.2) is 4.98 Å². The lowest BCUT2D eigenvalue weighted by Crippen LogP contribution is -2.00. The molecule has 0 unspecified atom stereocenters. The first-order valence-electron chi connectivity index (χ1n) is 5.80. The standard InChI is InChI=1S/C13H18N4/c1-9(2)13-15-12(17(3)16-13)8-10-5-4-6-11(14)7-10/h4-7,9H,8,14H2,1-3H3. The minimum atomic E-state index is 0.357. The number of nitrogens with two attached hydrogens (primary N) is 1. The molecule has 0 aliphatic heterocycles. The number of hydrogen-bond donors (Lipinski definition) is 1. The van der Waals surface area contributed by atoms with Crippen molar-refractivity contribution < 1.29 is 0 Å². The molecule has 0 amide bonds. The third-order valence-corrected chi connectivity index (χ3v) is 2.70. The highest BCUT2D eigenvalue weighted by Crippen LogP contribution is 2.14. The first-order valence-corrected chi connectivity index (χ1v) is 5.80. The number of benzene rings is 1. The number of aryl methyl sites for hydroxylation is 1. The maximum Gasteiger partial charge on any atom is 0.153 e. The summed E-state index contributed by atoms with van der Waals surface area (Å²) >= 11 is 0. The molecule has 4 heteroatoms. The molecule has 17 heavy (non-hydrogen) atoms. The van der Waals surface area contributed by atoms with Gasteiger partial charge in [-0.15, -0.1) is 0 Å². The highest BCUT2D eigenvalue weighted by Gasteiger charge is 2.10. The van der Waals surface area contributed by atoms with Crippen LogP contribution in [0.1, 0.15) is 37.0 Å². The summed E-state index contributed by atoms with van der Waals surface area (Å²) in [6, 6.07) is 7.88. The normalized spacial score (nSPS) is 11.1. The van der Waals surface area contributed by atoms with Gasteiger partial charge in [-0.3, -0.25) is 4.68 Å². The van der Waals surface area contributed by atoms with Crippen LogP contribution in [0.15, 0.2) is 24.3 Å². The zero-order valence-corrected chi connectivity index (χ0v) is 10.5.